The Morgan fingerprint density at radius 3 is 2.40 bits per heavy atom. The first-order chi connectivity index (χ1) is 20.9. The molecule has 1 aromatic heterocycles. The topological polar surface area (TPSA) is 103 Å². The number of thioether (sulfide) groups is 1. The first kappa shape index (κ1) is 29.9. The van der Waals surface area contributed by atoms with Gasteiger partial charge in [0.2, 0.25) is 5.91 Å². The summed E-state index contributed by atoms with van der Waals surface area (Å²) in [4.78, 5) is 43.5. The summed E-state index contributed by atoms with van der Waals surface area (Å²) >= 11 is 4.84. The van der Waals surface area contributed by atoms with Crippen molar-refractivity contribution >= 4 is 73.8 Å². The van der Waals surface area contributed by atoms with Gasteiger partial charge in [0, 0.05) is 38.0 Å². The third kappa shape index (κ3) is 8.03. The highest BCUT2D eigenvalue weighted by Crippen LogP contribution is 2.29. The zero-order valence-electron chi connectivity index (χ0n) is 23.3. The number of nitrogens with one attached hydrogen (secondary N) is 4. The lowest BCUT2D eigenvalue weighted by Gasteiger charge is -2.16. The van der Waals surface area contributed by atoms with E-state index in [0.717, 1.165) is 31.5 Å². The van der Waals surface area contributed by atoms with Crippen LogP contribution in [0.1, 0.15) is 29.3 Å². The number of halogens is 1. The Morgan fingerprint density at radius 2 is 1.63 bits per heavy atom. The average Bonchev–Trinajstić information content (AvgIpc) is 3.49. The van der Waals surface area contributed by atoms with Crippen LogP contribution in [0.2, 0.25) is 0 Å². The quantitative estimate of drug-likeness (QED) is 0.0911. The minimum atomic E-state index is -0.473. The summed E-state index contributed by atoms with van der Waals surface area (Å²) in [5.74, 6) is -0.967. The molecule has 4 N–H and O–H groups in total. The molecule has 0 radical (unpaired) electrons. The van der Waals surface area contributed by atoms with Gasteiger partial charge >= 0.3 is 0 Å². The number of H-pyrrole nitrogens is 1. The molecule has 0 fully saturated rings. The van der Waals surface area contributed by atoms with Crippen LogP contribution in [0, 0.1) is 0 Å². The van der Waals surface area contributed by atoms with Crippen molar-refractivity contribution in [3.05, 3.63) is 131 Å². The van der Waals surface area contributed by atoms with Gasteiger partial charge in [0.25, 0.3) is 11.8 Å². The molecular formula is C34H29BrN4O3S. The lowest BCUT2D eigenvalue weighted by atomic mass is 10.1. The SMILES string of the molecule is CCC(Sc1cccc(NC(=O)/C(=C/c2ccc(Br)cc2)NC(=O)c2ccccc2)c1)C(=O)Nc1ccc2cc[nH]c2c1. The maximum atomic E-state index is 13.4. The minimum Gasteiger partial charge on any atom is -0.361 e. The van der Waals surface area contributed by atoms with Gasteiger partial charge < -0.3 is 20.9 Å². The van der Waals surface area contributed by atoms with Gasteiger partial charge in [-0.1, -0.05) is 65.3 Å². The molecule has 5 aromatic rings. The van der Waals surface area contributed by atoms with Gasteiger partial charge in [0.15, 0.2) is 0 Å². The number of anilines is 2. The Morgan fingerprint density at radius 1 is 0.860 bits per heavy atom. The fraction of sp³-hybridized carbons (Fsp3) is 0.0882. The predicted octanol–water partition coefficient (Wildman–Crippen LogP) is 7.85. The van der Waals surface area contributed by atoms with Crippen LogP contribution in [0.5, 0.6) is 0 Å². The number of aromatic amines is 1. The summed E-state index contributed by atoms with van der Waals surface area (Å²) in [6.07, 6.45) is 4.11. The summed E-state index contributed by atoms with van der Waals surface area (Å²) in [6, 6.07) is 31.2. The molecular weight excluding hydrogens is 624 g/mol. The molecule has 0 aliphatic carbocycles. The predicted molar refractivity (Wildman–Crippen MR) is 178 cm³/mol. The second-order valence-corrected chi connectivity index (χ2v) is 11.9. The molecule has 3 amide bonds. The molecule has 0 bridgehead atoms. The molecule has 0 aliphatic rings. The van der Waals surface area contributed by atoms with Crippen LogP contribution in [0.25, 0.3) is 17.0 Å². The van der Waals surface area contributed by atoms with E-state index in [1.807, 2.05) is 85.9 Å². The van der Waals surface area contributed by atoms with E-state index in [1.54, 1.807) is 36.4 Å². The van der Waals surface area contributed by atoms with Crippen molar-refractivity contribution < 1.29 is 14.4 Å². The highest BCUT2D eigenvalue weighted by atomic mass is 79.9. The molecule has 0 spiro atoms. The van der Waals surface area contributed by atoms with Crippen LogP contribution < -0.4 is 16.0 Å². The third-order valence-corrected chi connectivity index (χ3v) is 8.45. The highest BCUT2D eigenvalue weighted by molar-refractivity contribution is 9.10. The van der Waals surface area contributed by atoms with Crippen molar-refractivity contribution in [1.29, 1.82) is 0 Å². The summed E-state index contributed by atoms with van der Waals surface area (Å²) in [7, 11) is 0. The van der Waals surface area contributed by atoms with Crippen LogP contribution in [0.3, 0.4) is 0 Å². The average molecular weight is 654 g/mol. The van der Waals surface area contributed by atoms with E-state index < -0.39 is 11.8 Å². The second-order valence-electron chi connectivity index (χ2n) is 9.70. The van der Waals surface area contributed by atoms with E-state index in [2.05, 4.69) is 36.9 Å². The number of fused-ring (bicyclic) bond motifs is 1. The third-order valence-electron chi connectivity index (χ3n) is 6.57. The minimum absolute atomic E-state index is 0.0964. The summed E-state index contributed by atoms with van der Waals surface area (Å²) in [6.45, 7) is 1.96. The van der Waals surface area contributed by atoms with Crippen LogP contribution >= 0.6 is 27.7 Å². The molecule has 4 aromatic carbocycles. The summed E-state index contributed by atoms with van der Waals surface area (Å²) in [5, 5.41) is 9.40. The van der Waals surface area contributed by atoms with Crippen LogP contribution in [0.15, 0.2) is 124 Å². The Balaban J connectivity index is 1.29. The molecule has 216 valence electrons. The number of hydrogen-bond donors (Lipinski definition) is 4. The Labute approximate surface area is 262 Å². The van der Waals surface area contributed by atoms with Gasteiger partial charge in [-0.15, -0.1) is 11.8 Å². The lowest BCUT2D eigenvalue weighted by molar-refractivity contribution is -0.116. The van der Waals surface area contributed by atoms with E-state index in [1.165, 1.54) is 11.8 Å². The summed E-state index contributed by atoms with van der Waals surface area (Å²) < 4.78 is 0.902. The number of carbonyl (C=O) groups excluding carboxylic acids is 3. The maximum absolute atomic E-state index is 13.4. The zero-order chi connectivity index (χ0) is 30.2. The number of rotatable bonds is 10. The standard InChI is InChI=1S/C34H29BrN4O3S/c1-2-31(34(42)38-27-16-13-23-17-18-36-29(23)21-27)43-28-10-6-9-26(20-28)37-33(41)30(19-22-11-14-25(35)15-12-22)39-32(40)24-7-4-3-5-8-24/h3-21,31,36H,2H2,1H3,(H,37,41)(H,38,42)(H,39,40)/b30-19-. The molecule has 43 heavy (non-hydrogen) atoms. The molecule has 0 saturated heterocycles. The molecule has 0 aliphatic heterocycles. The van der Waals surface area contributed by atoms with E-state index in [0.29, 0.717) is 17.7 Å². The van der Waals surface area contributed by atoms with Crippen molar-refractivity contribution in [3.63, 3.8) is 0 Å². The molecule has 7 nitrogen and oxygen atoms in total. The van der Waals surface area contributed by atoms with Gasteiger partial charge in [-0.2, -0.15) is 0 Å². The number of benzene rings is 4. The van der Waals surface area contributed by atoms with E-state index in [9.17, 15) is 14.4 Å². The smallest absolute Gasteiger partial charge is 0.272 e. The van der Waals surface area contributed by atoms with Crippen molar-refractivity contribution in [2.24, 2.45) is 0 Å². The molecule has 1 unspecified atom stereocenters. The van der Waals surface area contributed by atoms with E-state index in [4.69, 9.17) is 0 Å². The number of aromatic nitrogens is 1. The van der Waals surface area contributed by atoms with Gasteiger partial charge in [-0.3, -0.25) is 14.4 Å². The summed E-state index contributed by atoms with van der Waals surface area (Å²) in [5.41, 5.74) is 3.50. The fourth-order valence-corrected chi connectivity index (χ4v) is 5.63. The van der Waals surface area contributed by atoms with Crippen molar-refractivity contribution in [2.45, 2.75) is 23.5 Å². The van der Waals surface area contributed by atoms with Crippen LogP contribution in [-0.2, 0) is 9.59 Å². The van der Waals surface area contributed by atoms with Gasteiger partial charge in [0.1, 0.15) is 5.70 Å². The van der Waals surface area contributed by atoms with Gasteiger partial charge in [-0.25, -0.2) is 0 Å². The van der Waals surface area contributed by atoms with E-state index in [-0.39, 0.29) is 16.9 Å². The van der Waals surface area contributed by atoms with E-state index >= 15 is 0 Å². The molecule has 1 heterocycles. The normalized spacial score (nSPS) is 12.0. The zero-order valence-corrected chi connectivity index (χ0v) is 25.7. The fourth-order valence-electron chi connectivity index (χ4n) is 4.35. The number of carbonyl (C=O) groups is 3. The molecule has 9 heteroatoms. The number of amides is 3. The van der Waals surface area contributed by atoms with Crippen LogP contribution in [-0.4, -0.2) is 28.0 Å². The Bertz CT molecular complexity index is 1780. The largest absolute Gasteiger partial charge is 0.361 e. The van der Waals surface area contributed by atoms with Gasteiger partial charge in [-0.05, 0) is 84.1 Å². The lowest BCUT2D eigenvalue weighted by Crippen LogP contribution is -2.30. The molecule has 0 saturated carbocycles. The van der Waals surface area contributed by atoms with Crippen LogP contribution in [0.4, 0.5) is 11.4 Å². The second kappa shape index (κ2) is 14.0. The van der Waals surface area contributed by atoms with Crippen molar-refractivity contribution in [3.8, 4) is 0 Å². The monoisotopic (exact) mass is 652 g/mol. The molecule has 5 rings (SSSR count). The first-order valence-electron chi connectivity index (χ1n) is 13.7. The maximum Gasteiger partial charge on any atom is 0.272 e. The van der Waals surface area contributed by atoms with Crippen molar-refractivity contribution in [1.82, 2.24) is 10.3 Å². The number of hydrogen-bond acceptors (Lipinski definition) is 4. The highest BCUT2D eigenvalue weighted by Gasteiger charge is 2.20. The Hall–Kier alpha value is -4.60. The van der Waals surface area contributed by atoms with Gasteiger partial charge in [0.05, 0.1) is 5.25 Å². The van der Waals surface area contributed by atoms with Crippen molar-refractivity contribution in [2.75, 3.05) is 10.6 Å². The molecule has 1 atom stereocenters. The first-order valence-corrected chi connectivity index (χ1v) is 15.3. The Kier molecular flexibility index (Phi) is 9.76.